The molecule has 0 spiro atoms. The van der Waals surface area contributed by atoms with E-state index in [1.165, 1.54) is 0 Å². The first-order valence-electron chi connectivity index (χ1n) is 10.5. The number of ether oxygens (including phenoxy) is 3. The Morgan fingerprint density at radius 3 is 1.13 bits per heavy atom. The number of amides is 3. The van der Waals surface area contributed by atoms with Crippen LogP contribution in [0.1, 0.15) is 41.5 Å². The van der Waals surface area contributed by atoms with Crippen molar-refractivity contribution < 1.29 is 28.6 Å². The Balaban J connectivity index is 2.05. The van der Waals surface area contributed by atoms with Crippen LogP contribution in [0.5, 0.6) is 0 Å². The Kier molecular flexibility index (Phi) is 6.24. The van der Waals surface area contributed by atoms with E-state index in [9.17, 15) is 14.4 Å². The molecule has 0 aromatic carbocycles. The van der Waals surface area contributed by atoms with Gasteiger partial charge >= 0.3 is 18.3 Å². The number of nitrogens with one attached hydrogen (secondary N) is 3. The number of nitrogens with zero attached hydrogens (tertiary/aromatic N) is 4. The number of carbonyl (C=O) groups excluding carboxylic acids is 3. The van der Waals surface area contributed by atoms with E-state index >= 15 is 0 Å². The smallest absolute Gasteiger partial charge is 0.421 e. The molecule has 4 saturated heterocycles. The van der Waals surface area contributed by atoms with Gasteiger partial charge in [0.15, 0.2) is 0 Å². The fourth-order valence-electron chi connectivity index (χ4n) is 5.21. The molecule has 31 heavy (non-hydrogen) atoms. The molecule has 4 bridgehead atoms. The van der Waals surface area contributed by atoms with Gasteiger partial charge in [-0.2, -0.15) is 15.0 Å². The fraction of sp³-hybridized carbons (Fsp3) is 0.833. The van der Waals surface area contributed by atoms with E-state index in [2.05, 4.69) is 21.2 Å². The van der Waals surface area contributed by atoms with Gasteiger partial charge in [-0.3, -0.25) is 4.90 Å². The SMILES string of the molecule is CCOC(=O)NN1C2(C)CN3CC1(C)N(NC(=O)OCC)C(C)(C3)N2NC(=O)OCC. The molecule has 3 amide bonds. The second-order valence-corrected chi connectivity index (χ2v) is 8.30. The van der Waals surface area contributed by atoms with Crippen LogP contribution < -0.4 is 16.3 Å². The normalized spacial score (nSPS) is 34.8. The van der Waals surface area contributed by atoms with Gasteiger partial charge < -0.3 is 14.2 Å². The molecular formula is C18H33N7O6. The lowest BCUT2D eigenvalue weighted by atomic mass is 9.84. The first-order valence-corrected chi connectivity index (χ1v) is 10.5. The standard InChI is InChI=1S/C18H33N7O6/c1-7-29-13(26)19-23-16(4)10-22-11-17(23,5)25(21-15(28)31-9-3)18(6,12-22)24(16)20-14(27)30-8-2/h7-12H2,1-6H3,(H,19,26)(H,20,27)(H,21,28). The van der Waals surface area contributed by atoms with Crippen molar-refractivity contribution in [1.29, 1.82) is 0 Å². The summed E-state index contributed by atoms with van der Waals surface area (Å²) in [5.74, 6) is 0. The molecule has 4 rings (SSSR count). The van der Waals surface area contributed by atoms with Gasteiger partial charge in [0.05, 0.1) is 19.8 Å². The van der Waals surface area contributed by atoms with Gasteiger partial charge in [0, 0.05) is 19.6 Å². The van der Waals surface area contributed by atoms with E-state index in [4.69, 9.17) is 14.2 Å². The highest BCUT2D eigenvalue weighted by molar-refractivity contribution is 5.68. The van der Waals surface area contributed by atoms with Gasteiger partial charge in [-0.1, -0.05) is 0 Å². The second kappa shape index (κ2) is 8.30. The zero-order chi connectivity index (χ0) is 23.0. The van der Waals surface area contributed by atoms with Crippen LogP contribution in [0.3, 0.4) is 0 Å². The molecule has 0 saturated carbocycles. The van der Waals surface area contributed by atoms with E-state index in [-0.39, 0.29) is 19.8 Å². The van der Waals surface area contributed by atoms with E-state index in [1.54, 1.807) is 35.8 Å². The molecule has 0 aromatic rings. The fourth-order valence-corrected chi connectivity index (χ4v) is 5.21. The van der Waals surface area contributed by atoms with E-state index in [1.807, 2.05) is 20.8 Å². The summed E-state index contributed by atoms with van der Waals surface area (Å²) >= 11 is 0. The topological polar surface area (TPSA) is 128 Å². The molecule has 0 atom stereocenters. The summed E-state index contributed by atoms with van der Waals surface area (Å²) < 4.78 is 15.3. The summed E-state index contributed by atoms with van der Waals surface area (Å²) in [4.78, 5) is 39.5. The van der Waals surface area contributed by atoms with Gasteiger partial charge in [0.2, 0.25) is 0 Å². The summed E-state index contributed by atoms with van der Waals surface area (Å²) in [7, 11) is 0. The highest BCUT2D eigenvalue weighted by atomic mass is 16.6. The average Bonchev–Trinajstić information content (AvgIpc) is 2.66. The maximum absolute atomic E-state index is 12.4. The van der Waals surface area contributed by atoms with E-state index in [0.717, 1.165) is 0 Å². The number of rotatable bonds is 6. The molecule has 176 valence electrons. The Morgan fingerprint density at radius 2 is 0.903 bits per heavy atom. The number of hydrazine groups is 3. The minimum absolute atomic E-state index is 0.201. The van der Waals surface area contributed by atoms with E-state index in [0.29, 0.717) is 19.6 Å². The predicted molar refractivity (Wildman–Crippen MR) is 108 cm³/mol. The van der Waals surface area contributed by atoms with Gasteiger partial charge in [0.25, 0.3) is 0 Å². The summed E-state index contributed by atoms with van der Waals surface area (Å²) in [6.07, 6.45) is -1.90. The van der Waals surface area contributed by atoms with Crippen LogP contribution in [0.25, 0.3) is 0 Å². The Bertz CT molecular complexity index is 627. The summed E-state index contributed by atoms with van der Waals surface area (Å²) in [6, 6.07) is 0. The van der Waals surface area contributed by atoms with Crippen LogP contribution in [0.4, 0.5) is 14.4 Å². The predicted octanol–water partition coefficient (Wildman–Crippen LogP) is 0.367. The Hall–Kier alpha value is -2.35. The Morgan fingerprint density at radius 1 is 0.645 bits per heavy atom. The zero-order valence-electron chi connectivity index (χ0n) is 19.0. The lowest BCUT2D eigenvalue weighted by molar-refractivity contribution is -0.391. The van der Waals surface area contributed by atoms with Crippen molar-refractivity contribution in [2.45, 2.75) is 58.5 Å². The molecule has 0 radical (unpaired) electrons. The second-order valence-electron chi connectivity index (χ2n) is 8.30. The van der Waals surface area contributed by atoms with Crippen LogP contribution >= 0.6 is 0 Å². The quantitative estimate of drug-likeness (QED) is 0.495. The van der Waals surface area contributed by atoms with Crippen LogP contribution in [0.15, 0.2) is 0 Å². The molecule has 0 aromatic heterocycles. The molecule has 0 aliphatic carbocycles. The van der Waals surface area contributed by atoms with Crippen molar-refractivity contribution in [2.24, 2.45) is 0 Å². The number of hydrogen-bond acceptors (Lipinski definition) is 10. The van der Waals surface area contributed by atoms with Crippen LogP contribution in [-0.4, -0.2) is 94.6 Å². The highest BCUT2D eigenvalue weighted by Crippen LogP contribution is 2.50. The summed E-state index contributed by atoms with van der Waals surface area (Å²) in [5, 5.41) is 5.11. The van der Waals surface area contributed by atoms with Crippen molar-refractivity contribution in [1.82, 2.24) is 36.2 Å². The average molecular weight is 444 g/mol. The minimum atomic E-state index is -0.883. The van der Waals surface area contributed by atoms with Crippen molar-refractivity contribution in [2.75, 3.05) is 39.5 Å². The Labute approximate surface area is 181 Å². The third kappa shape index (κ3) is 3.75. The molecule has 4 fully saturated rings. The monoisotopic (exact) mass is 443 g/mol. The first-order chi connectivity index (χ1) is 14.5. The molecule has 4 aliphatic rings. The van der Waals surface area contributed by atoms with Crippen molar-refractivity contribution in [3.8, 4) is 0 Å². The largest absolute Gasteiger partial charge is 0.449 e. The maximum Gasteiger partial charge on any atom is 0.421 e. The van der Waals surface area contributed by atoms with Crippen LogP contribution in [0, 0.1) is 0 Å². The molecule has 13 nitrogen and oxygen atoms in total. The van der Waals surface area contributed by atoms with Crippen molar-refractivity contribution >= 4 is 18.3 Å². The van der Waals surface area contributed by atoms with Crippen LogP contribution in [0.2, 0.25) is 0 Å². The van der Waals surface area contributed by atoms with Gasteiger partial charge in [-0.05, 0) is 41.5 Å². The summed E-state index contributed by atoms with van der Waals surface area (Å²) in [5.41, 5.74) is 5.78. The maximum atomic E-state index is 12.4. The summed E-state index contributed by atoms with van der Waals surface area (Å²) in [6.45, 7) is 13.0. The van der Waals surface area contributed by atoms with Gasteiger partial charge in [0.1, 0.15) is 17.0 Å². The van der Waals surface area contributed by atoms with Crippen LogP contribution in [-0.2, 0) is 14.2 Å². The first kappa shape index (κ1) is 23.3. The minimum Gasteiger partial charge on any atom is -0.449 e. The highest BCUT2D eigenvalue weighted by Gasteiger charge is 2.72. The molecule has 4 heterocycles. The number of carbonyl (C=O) groups is 3. The molecule has 3 N–H and O–H groups in total. The molecule has 13 heteroatoms. The van der Waals surface area contributed by atoms with E-state index < -0.39 is 35.3 Å². The molecule has 0 unspecified atom stereocenters. The van der Waals surface area contributed by atoms with Gasteiger partial charge in [-0.15, -0.1) is 0 Å². The number of piperazine rings is 3. The molecule has 4 aliphatic heterocycles. The molecular weight excluding hydrogens is 410 g/mol. The third-order valence-electron chi connectivity index (χ3n) is 5.90. The third-order valence-corrected chi connectivity index (χ3v) is 5.90. The van der Waals surface area contributed by atoms with Crippen molar-refractivity contribution in [3.63, 3.8) is 0 Å². The number of hydrogen-bond donors (Lipinski definition) is 3. The zero-order valence-corrected chi connectivity index (χ0v) is 19.0. The van der Waals surface area contributed by atoms with Crippen molar-refractivity contribution in [3.05, 3.63) is 0 Å². The van der Waals surface area contributed by atoms with Gasteiger partial charge in [-0.25, -0.2) is 30.7 Å². The lowest BCUT2D eigenvalue weighted by Gasteiger charge is -2.76. The lowest BCUT2D eigenvalue weighted by Crippen LogP contribution is -3.00.